The van der Waals surface area contributed by atoms with Crippen LogP contribution in [-0.4, -0.2) is 16.2 Å². The number of halogens is 1. The predicted molar refractivity (Wildman–Crippen MR) is 51.9 cm³/mol. The highest BCUT2D eigenvalue weighted by Gasteiger charge is 2.21. The molecule has 0 amide bonds. The highest BCUT2D eigenvalue weighted by molar-refractivity contribution is 6.72. The number of hydrogen-bond acceptors (Lipinski definition) is 2. The van der Waals surface area contributed by atoms with E-state index in [4.69, 9.17) is 16.7 Å². The number of rotatable bonds is 1. The summed E-state index contributed by atoms with van der Waals surface area (Å²) in [6.07, 6.45) is 4.91. The first-order valence-corrected chi connectivity index (χ1v) is 4.18. The van der Waals surface area contributed by atoms with Crippen molar-refractivity contribution in [3.63, 3.8) is 0 Å². The van der Waals surface area contributed by atoms with Crippen LogP contribution in [0.1, 0.15) is 13.8 Å². The van der Waals surface area contributed by atoms with Gasteiger partial charge in [-0.15, -0.1) is 0 Å². The zero-order chi connectivity index (χ0) is 10.1. The predicted octanol–water partition coefficient (Wildman–Crippen LogP) is 2.19. The second-order valence-corrected chi connectivity index (χ2v) is 3.78. The van der Waals surface area contributed by atoms with Crippen LogP contribution in [0.5, 0.6) is 0 Å². The molecule has 0 radical (unpaired) electrons. The molecule has 1 aliphatic rings. The molecule has 0 atom stereocenters. The molecule has 0 aliphatic carbocycles. The van der Waals surface area contributed by atoms with Crippen molar-refractivity contribution in [2.45, 2.75) is 13.8 Å². The zero-order valence-electron chi connectivity index (χ0n) is 7.41. The van der Waals surface area contributed by atoms with Crippen molar-refractivity contribution in [2.75, 3.05) is 0 Å². The first kappa shape index (κ1) is 9.99. The van der Waals surface area contributed by atoms with Crippen molar-refractivity contribution in [3.05, 3.63) is 23.9 Å². The lowest BCUT2D eigenvalue weighted by Crippen LogP contribution is -2.11. The molecule has 3 nitrogen and oxygen atoms in total. The molecule has 70 valence electrons. The molecule has 0 fully saturated rings. The quantitative estimate of drug-likeness (QED) is 0.704. The molecule has 0 saturated heterocycles. The Kier molecular flexibility index (Phi) is 2.57. The first-order chi connectivity index (χ1) is 5.92. The molecular formula is C9H10ClNO2. The van der Waals surface area contributed by atoms with Crippen LogP contribution in [0.2, 0.25) is 0 Å². The van der Waals surface area contributed by atoms with Crippen LogP contribution >= 0.6 is 11.6 Å². The van der Waals surface area contributed by atoms with E-state index < -0.39 is 5.97 Å². The lowest BCUT2D eigenvalue weighted by molar-refractivity contribution is -0.132. The number of carboxylic acids is 1. The minimum atomic E-state index is -1.05. The maximum atomic E-state index is 10.7. The van der Waals surface area contributed by atoms with Gasteiger partial charge in [-0.25, -0.2) is 9.79 Å². The molecular weight excluding hydrogens is 190 g/mol. The van der Waals surface area contributed by atoms with Crippen LogP contribution in [0.15, 0.2) is 28.9 Å². The Balaban J connectivity index is 3.17. The molecule has 0 aromatic rings. The van der Waals surface area contributed by atoms with Gasteiger partial charge < -0.3 is 5.11 Å². The summed E-state index contributed by atoms with van der Waals surface area (Å²) < 4.78 is 0. The third-order valence-corrected chi connectivity index (χ3v) is 1.96. The summed E-state index contributed by atoms with van der Waals surface area (Å²) in [4.78, 5) is 14.5. The fourth-order valence-electron chi connectivity index (χ4n) is 0.994. The molecule has 4 heteroatoms. The van der Waals surface area contributed by atoms with E-state index in [1.165, 1.54) is 6.20 Å². The number of nitrogens with zero attached hydrogens (tertiary/aromatic N) is 1. The average Bonchev–Trinajstić information content (AvgIpc) is 2.10. The number of aliphatic imine (C=N–C) groups is 1. The van der Waals surface area contributed by atoms with Gasteiger partial charge in [-0.05, 0) is 0 Å². The van der Waals surface area contributed by atoms with Crippen LogP contribution in [0, 0.1) is 5.41 Å². The van der Waals surface area contributed by atoms with Gasteiger partial charge >= 0.3 is 5.97 Å². The Hall–Kier alpha value is -1.09. The van der Waals surface area contributed by atoms with Gasteiger partial charge in [-0.1, -0.05) is 37.6 Å². The summed E-state index contributed by atoms with van der Waals surface area (Å²) in [5.74, 6) is -1.05. The Labute approximate surface area is 81.4 Å². The topological polar surface area (TPSA) is 49.7 Å². The van der Waals surface area contributed by atoms with Crippen LogP contribution in [0.4, 0.5) is 0 Å². The summed E-state index contributed by atoms with van der Waals surface area (Å²) in [5.41, 5.74) is -0.273. The van der Waals surface area contributed by atoms with Crippen molar-refractivity contribution in [1.29, 1.82) is 0 Å². The summed E-state index contributed by atoms with van der Waals surface area (Å²) in [5, 5.41) is 8.83. The van der Waals surface area contributed by atoms with Crippen LogP contribution in [0.25, 0.3) is 0 Å². The molecule has 0 unspecified atom stereocenters. The average molecular weight is 200 g/mol. The maximum absolute atomic E-state index is 10.7. The highest BCUT2D eigenvalue weighted by Crippen LogP contribution is 2.25. The fourth-order valence-corrected chi connectivity index (χ4v) is 1.19. The maximum Gasteiger partial charge on any atom is 0.338 e. The van der Waals surface area contributed by atoms with Crippen LogP contribution < -0.4 is 0 Å². The van der Waals surface area contributed by atoms with E-state index in [9.17, 15) is 4.79 Å². The Morgan fingerprint density at radius 1 is 1.62 bits per heavy atom. The normalized spacial score (nSPS) is 20.2. The lowest BCUT2D eigenvalue weighted by atomic mass is 9.91. The SMILES string of the molecule is CC1(C)C=CN=C(Cl)C(C(=O)O)=C1. The minimum absolute atomic E-state index is 0.0225. The second-order valence-electron chi connectivity index (χ2n) is 3.42. The third kappa shape index (κ3) is 2.42. The molecule has 1 heterocycles. The van der Waals surface area contributed by atoms with Gasteiger partial charge in [-0.3, -0.25) is 0 Å². The van der Waals surface area contributed by atoms with E-state index in [-0.39, 0.29) is 16.2 Å². The summed E-state index contributed by atoms with van der Waals surface area (Å²) in [7, 11) is 0. The Morgan fingerprint density at radius 3 is 2.77 bits per heavy atom. The number of carbonyl (C=O) groups is 1. The van der Waals surface area contributed by atoms with Crippen molar-refractivity contribution in [2.24, 2.45) is 10.4 Å². The molecule has 0 bridgehead atoms. The summed E-state index contributed by atoms with van der Waals surface area (Å²) in [6.45, 7) is 3.77. The van der Waals surface area contributed by atoms with Gasteiger partial charge in [0.1, 0.15) is 5.17 Å². The number of hydrogen-bond donors (Lipinski definition) is 1. The highest BCUT2D eigenvalue weighted by atomic mass is 35.5. The summed E-state index contributed by atoms with van der Waals surface area (Å²) >= 11 is 5.66. The van der Waals surface area contributed by atoms with Crippen molar-refractivity contribution in [1.82, 2.24) is 0 Å². The molecule has 13 heavy (non-hydrogen) atoms. The van der Waals surface area contributed by atoms with Gasteiger partial charge in [0.2, 0.25) is 0 Å². The number of allylic oxidation sites excluding steroid dienone is 2. The van der Waals surface area contributed by atoms with Gasteiger partial charge in [0.25, 0.3) is 0 Å². The number of carboxylic acid groups (broad SMARTS) is 1. The third-order valence-electron chi connectivity index (χ3n) is 1.66. The van der Waals surface area contributed by atoms with Crippen molar-refractivity contribution < 1.29 is 9.90 Å². The van der Waals surface area contributed by atoms with E-state index >= 15 is 0 Å². The molecule has 0 aromatic heterocycles. The van der Waals surface area contributed by atoms with Gasteiger partial charge in [0, 0.05) is 11.6 Å². The zero-order valence-corrected chi connectivity index (χ0v) is 8.17. The van der Waals surface area contributed by atoms with E-state index in [1.807, 2.05) is 13.8 Å². The van der Waals surface area contributed by atoms with Crippen LogP contribution in [-0.2, 0) is 4.79 Å². The molecule has 0 saturated carbocycles. The van der Waals surface area contributed by atoms with Crippen molar-refractivity contribution in [3.8, 4) is 0 Å². The standard InChI is InChI=1S/C9H10ClNO2/c1-9(2)3-4-11-7(10)6(5-9)8(12)13/h3-5H,1-2H3,(H,12,13). The molecule has 1 rings (SSSR count). The van der Waals surface area contributed by atoms with Gasteiger partial charge in [-0.2, -0.15) is 0 Å². The summed E-state index contributed by atoms with van der Waals surface area (Å²) in [6, 6.07) is 0. The molecule has 0 spiro atoms. The first-order valence-electron chi connectivity index (χ1n) is 3.80. The van der Waals surface area contributed by atoms with E-state index in [0.717, 1.165) is 0 Å². The van der Waals surface area contributed by atoms with Gasteiger partial charge in [0.15, 0.2) is 0 Å². The fraction of sp³-hybridized carbons (Fsp3) is 0.333. The van der Waals surface area contributed by atoms with Crippen molar-refractivity contribution >= 4 is 22.7 Å². The minimum Gasteiger partial charge on any atom is -0.478 e. The largest absolute Gasteiger partial charge is 0.478 e. The Morgan fingerprint density at radius 2 is 2.23 bits per heavy atom. The van der Waals surface area contributed by atoms with Crippen LogP contribution in [0.3, 0.4) is 0 Å². The molecule has 0 aromatic carbocycles. The number of aliphatic carboxylic acids is 1. The lowest BCUT2D eigenvalue weighted by Gasteiger charge is -2.13. The van der Waals surface area contributed by atoms with E-state index in [1.54, 1.807) is 12.2 Å². The Bertz CT molecular complexity index is 327. The smallest absolute Gasteiger partial charge is 0.338 e. The van der Waals surface area contributed by atoms with E-state index in [2.05, 4.69) is 4.99 Å². The monoisotopic (exact) mass is 199 g/mol. The van der Waals surface area contributed by atoms with Gasteiger partial charge in [0.05, 0.1) is 5.57 Å². The molecule has 1 N–H and O–H groups in total. The second kappa shape index (κ2) is 3.34. The molecule has 1 aliphatic heterocycles. The van der Waals surface area contributed by atoms with E-state index in [0.29, 0.717) is 0 Å².